The van der Waals surface area contributed by atoms with Crippen LogP contribution < -0.4 is 5.32 Å². The van der Waals surface area contributed by atoms with Crippen LogP contribution in [0.15, 0.2) is 24.3 Å². The molecule has 0 aliphatic rings. The average Bonchev–Trinajstić information content (AvgIpc) is 2.32. The molecule has 1 N–H and O–H groups in total. The minimum absolute atomic E-state index is 0.0124. The summed E-state index contributed by atoms with van der Waals surface area (Å²) < 4.78 is 49.0. The molecular weight excluding hydrogens is 258 g/mol. The number of benzene rings is 1. The zero-order valence-corrected chi connectivity index (χ0v) is 10.9. The summed E-state index contributed by atoms with van der Waals surface area (Å²) in [5.74, 6) is -0.296. The van der Waals surface area contributed by atoms with Gasteiger partial charge in [-0.15, -0.1) is 0 Å². The van der Waals surface area contributed by atoms with E-state index in [1.54, 1.807) is 6.07 Å². The van der Waals surface area contributed by atoms with Gasteiger partial charge in [0.05, 0.1) is 0 Å². The second-order valence-electron chi connectivity index (χ2n) is 4.54. The van der Waals surface area contributed by atoms with E-state index < -0.39 is 12.6 Å². The summed E-state index contributed by atoms with van der Waals surface area (Å²) in [4.78, 5) is 0. The molecule has 0 aliphatic carbocycles. The van der Waals surface area contributed by atoms with Gasteiger partial charge in [-0.05, 0) is 43.5 Å². The molecule has 5 heteroatoms. The van der Waals surface area contributed by atoms with E-state index in [-0.39, 0.29) is 18.3 Å². The van der Waals surface area contributed by atoms with E-state index in [0.717, 1.165) is 12.0 Å². The monoisotopic (exact) mass is 277 g/mol. The number of alkyl halides is 3. The number of hydrogen-bond donors (Lipinski definition) is 1. The van der Waals surface area contributed by atoms with E-state index >= 15 is 0 Å². The summed E-state index contributed by atoms with van der Waals surface area (Å²) in [5.41, 5.74) is 0.832. The van der Waals surface area contributed by atoms with E-state index in [2.05, 4.69) is 5.32 Å². The Morgan fingerprint density at radius 1 is 1.21 bits per heavy atom. The predicted octanol–water partition coefficient (Wildman–Crippen LogP) is 4.60. The number of unbranched alkanes of at least 4 members (excludes halogenated alkanes) is 1. The minimum atomic E-state index is -4.08. The van der Waals surface area contributed by atoms with Crippen molar-refractivity contribution < 1.29 is 17.6 Å². The van der Waals surface area contributed by atoms with Gasteiger partial charge in [-0.2, -0.15) is 13.2 Å². The van der Waals surface area contributed by atoms with Gasteiger partial charge in [0, 0.05) is 12.5 Å². The normalized spacial score (nSPS) is 13.5. The average molecular weight is 277 g/mol. The highest BCUT2D eigenvalue weighted by molar-refractivity contribution is 5.19. The van der Waals surface area contributed by atoms with Gasteiger partial charge < -0.3 is 5.32 Å². The maximum Gasteiger partial charge on any atom is 0.389 e. The lowest BCUT2D eigenvalue weighted by Gasteiger charge is -2.17. The molecule has 0 spiro atoms. The van der Waals surface area contributed by atoms with Gasteiger partial charge in [-0.1, -0.05) is 19.1 Å². The van der Waals surface area contributed by atoms with Gasteiger partial charge in [-0.3, -0.25) is 0 Å². The Morgan fingerprint density at radius 2 is 1.95 bits per heavy atom. The van der Waals surface area contributed by atoms with Gasteiger partial charge >= 0.3 is 6.18 Å². The van der Waals surface area contributed by atoms with Crippen LogP contribution in [0.3, 0.4) is 0 Å². The van der Waals surface area contributed by atoms with Gasteiger partial charge in [0.1, 0.15) is 5.82 Å². The molecule has 0 amide bonds. The second-order valence-corrected chi connectivity index (χ2v) is 4.54. The molecule has 1 unspecified atom stereocenters. The fourth-order valence-corrected chi connectivity index (χ4v) is 1.95. The van der Waals surface area contributed by atoms with Crippen LogP contribution in [0.25, 0.3) is 0 Å². The Labute approximate surface area is 111 Å². The van der Waals surface area contributed by atoms with Crippen LogP contribution in [0.4, 0.5) is 17.6 Å². The third kappa shape index (κ3) is 6.57. The first-order chi connectivity index (χ1) is 8.92. The highest BCUT2D eigenvalue weighted by Gasteiger charge is 2.25. The van der Waals surface area contributed by atoms with Gasteiger partial charge in [-0.25, -0.2) is 4.39 Å². The third-order valence-electron chi connectivity index (χ3n) is 2.94. The molecule has 0 aliphatic heterocycles. The van der Waals surface area contributed by atoms with Crippen molar-refractivity contribution in [3.05, 3.63) is 35.6 Å². The second kappa shape index (κ2) is 7.48. The SMILES string of the molecule is CCC(NCCCCC(F)(F)F)c1cccc(F)c1. The first-order valence-electron chi connectivity index (χ1n) is 6.48. The molecular formula is C14H19F4N. The van der Waals surface area contributed by atoms with E-state index in [0.29, 0.717) is 13.0 Å². The van der Waals surface area contributed by atoms with Crippen LogP contribution in [-0.4, -0.2) is 12.7 Å². The standard InChI is InChI=1S/C14H19F4N/c1-2-13(11-6-5-7-12(15)10-11)19-9-4-3-8-14(16,17)18/h5-7,10,13,19H,2-4,8-9H2,1H3. The molecule has 1 aromatic rings. The van der Waals surface area contributed by atoms with E-state index in [4.69, 9.17) is 0 Å². The van der Waals surface area contributed by atoms with Crippen molar-refractivity contribution in [1.82, 2.24) is 5.32 Å². The van der Waals surface area contributed by atoms with Crippen LogP contribution in [0.2, 0.25) is 0 Å². The Morgan fingerprint density at radius 3 is 2.53 bits per heavy atom. The summed E-state index contributed by atoms with van der Waals surface area (Å²) >= 11 is 0. The highest BCUT2D eigenvalue weighted by atomic mass is 19.4. The molecule has 1 atom stereocenters. The first-order valence-corrected chi connectivity index (χ1v) is 6.48. The third-order valence-corrected chi connectivity index (χ3v) is 2.94. The molecule has 0 fully saturated rings. The van der Waals surface area contributed by atoms with Crippen molar-refractivity contribution in [3.63, 3.8) is 0 Å². The summed E-state index contributed by atoms with van der Waals surface area (Å²) in [6.07, 6.45) is -3.47. The fourth-order valence-electron chi connectivity index (χ4n) is 1.95. The number of hydrogen-bond acceptors (Lipinski definition) is 1. The van der Waals surface area contributed by atoms with Crippen molar-refractivity contribution in [2.24, 2.45) is 0 Å². The van der Waals surface area contributed by atoms with Crippen LogP contribution in [0, 0.1) is 5.82 Å². The molecule has 1 nitrogen and oxygen atoms in total. The molecule has 108 valence electrons. The Hall–Kier alpha value is -1.10. The van der Waals surface area contributed by atoms with Crippen LogP contribution >= 0.6 is 0 Å². The summed E-state index contributed by atoms with van der Waals surface area (Å²) in [7, 11) is 0. The van der Waals surface area contributed by atoms with Crippen molar-refractivity contribution in [2.45, 2.75) is 44.8 Å². The number of nitrogens with one attached hydrogen (secondary N) is 1. The minimum Gasteiger partial charge on any atom is -0.310 e. The smallest absolute Gasteiger partial charge is 0.310 e. The molecule has 0 saturated carbocycles. The van der Waals surface area contributed by atoms with Gasteiger partial charge in [0.25, 0.3) is 0 Å². The zero-order valence-electron chi connectivity index (χ0n) is 10.9. The quantitative estimate of drug-likeness (QED) is 0.567. The zero-order chi connectivity index (χ0) is 14.3. The van der Waals surface area contributed by atoms with Gasteiger partial charge in [0.2, 0.25) is 0 Å². The van der Waals surface area contributed by atoms with Crippen molar-refractivity contribution >= 4 is 0 Å². The predicted molar refractivity (Wildman–Crippen MR) is 67.3 cm³/mol. The van der Waals surface area contributed by atoms with Crippen molar-refractivity contribution in [3.8, 4) is 0 Å². The Balaban J connectivity index is 2.34. The Bertz CT molecular complexity index is 376. The Kier molecular flexibility index (Phi) is 6.28. The fraction of sp³-hybridized carbons (Fsp3) is 0.571. The molecule has 19 heavy (non-hydrogen) atoms. The van der Waals surface area contributed by atoms with Crippen LogP contribution in [0.5, 0.6) is 0 Å². The molecule has 0 heterocycles. The molecule has 0 aromatic heterocycles. The molecule has 0 radical (unpaired) electrons. The first kappa shape index (κ1) is 16.0. The maximum absolute atomic E-state index is 13.1. The van der Waals surface area contributed by atoms with E-state index in [1.165, 1.54) is 12.1 Å². The maximum atomic E-state index is 13.1. The molecule has 0 bridgehead atoms. The topological polar surface area (TPSA) is 12.0 Å². The number of halogens is 4. The van der Waals surface area contributed by atoms with Crippen molar-refractivity contribution in [1.29, 1.82) is 0 Å². The highest BCUT2D eigenvalue weighted by Crippen LogP contribution is 2.22. The van der Waals surface area contributed by atoms with E-state index in [1.807, 2.05) is 13.0 Å². The summed E-state index contributed by atoms with van der Waals surface area (Å²) in [6, 6.07) is 6.27. The summed E-state index contributed by atoms with van der Waals surface area (Å²) in [6.45, 7) is 2.46. The molecule has 1 aromatic carbocycles. The molecule has 1 rings (SSSR count). The lowest BCUT2D eigenvalue weighted by Crippen LogP contribution is -2.22. The van der Waals surface area contributed by atoms with Crippen LogP contribution in [-0.2, 0) is 0 Å². The van der Waals surface area contributed by atoms with Crippen LogP contribution in [0.1, 0.15) is 44.2 Å². The van der Waals surface area contributed by atoms with Gasteiger partial charge in [0.15, 0.2) is 0 Å². The molecule has 0 saturated heterocycles. The van der Waals surface area contributed by atoms with Crippen molar-refractivity contribution in [2.75, 3.05) is 6.54 Å². The summed E-state index contributed by atoms with van der Waals surface area (Å²) in [5, 5.41) is 3.17. The number of rotatable bonds is 7. The lowest BCUT2D eigenvalue weighted by molar-refractivity contribution is -0.135. The largest absolute Gasteiger partial charge is 0.389 e. The lowest BCUT2D eigenvalue weighted by atomic mass is 10.0. The van der Waals surface area contributed by atoms with E-state index in [9.17, 15) is 17.6 Å².